The number of thiazole rings is 1. The molecule has 0 bridgehead atoms. The molecule has 0 atom stereocenters. The fourth-order valence-corrected chi connectivity index (χ4v) is 4.04. The second kappa shape index (κ2) is 8.25. The maximum atomic E-state index is 11.9. The van der Waals surface area contributed by atoms with Crippen molar-refractivity contribution >= 4 is 23.1 Å². The lowest BCUT2D eigenvalue weighted by molar-refractivity contribution is 0.143. The van der Waals surface area contributed by atoms with Crippen molar-refractivity contribution in [2.24, 2.45) is 5.16 Å². The smallest absolute Gasteiger partial charge is 0.317 e. The molecule has 1 heterocycles. The summed E-state index contributed by atoms with van der Waals surface area (Å²) >= 11 is 1.55. The minimum Gasteiger partial charge on any atom is -0.317 e. The van der Waals surface area contributed by atoms with Crippen molar-refractivity contribution < 1.29 is 9.63 Å². The van der Waals surface area contributed by atoms with Crippen molar-refractivity contribution in [2.45, 2.75) is 52.0 Å². The molecule has 0 unspecified atom stereocenters. The van der Waals surface area contributed by atoms with E-state index in [1.807, 2.05) is 44.2 Å². The van der Waals surface area contributed by atoms with Gasteiger partial charge in [-0.15, -0.1) is 11.3 Å². The molecule has 0 radical (unpaired) electrons. The van der Waals surface area contributed by atoms with Crippen LogP contribution in [0.5, 0.6) is 0 Å². The molecule has 0 spiro atoms. The van der Waals surface area contributed by atoms with Gasteiger partial charge in [-0.1, -0.05) is 54.8 Å². The summed E-state index contributed by atoms with van der Waals surface area (Å²) in [5.74, 6) is 0. The van der Waals surface area contributed by atoms with Crippen molar-refractivity contribution in [2.75, 3.05) is 0 Å². The normalized spacial score (nSPS) is 15.8. The largest absolute Gasteiger partial charge is 0.433 e. The van der Waals surface area contributed by atoms with Crippen molar-refractivity contribution in [3.8, 4) is 10.6 Å². The third-order valence-corrected chi connectivity index (χ3v) is 5.65. The van der Waals surface area contributed by atoms with Crippen LogP contribution in [0, 0.1) is 6.92 Å². The highest BCUT2D eigenvalue weighted by Crippen LogP contribution is 2.28. The molecule has 1 amide bonds. The second-order valence-corrected chi connectivity index (χ2v) is 7.33. The zero-order valence-corrected chi connectivity index (χ0v) is 15.4. The molecule has 6 heteroatoms. The van der Waals surface area contributed by atoms with Crippen LogP contribution in [0.25, 0.3) is 10.6 Å². The fraction of sp³-hybridized carbons (Fsp3) is 0.421. The van der Waals surface area contributed by atoms with Gasteiger partial charge >= 0.3 is 6.09 Å². The Morgan fingerprint density at radius 3 is 2.68 bits per heavy atom. The van der Waals surface area contributed by atoms with Crippen LogP contribution in [0.2, 0.25) is 0 Å². The number of benzene rings is 1. The summed E-state index contributed by atoms with van der Waals surface area (Å²) in [6.45, 7) is 3.78. The van der Waals surface area contributed by atoms with E-state index in [4.69, 9.17) is 4.84 Å². The molecule has 0 aliphatic heterocycles. The van der Waals surface area contributed by atoms with E-state index in [-0.39, 0.29) is 6.04 Å². The number of aromatic nitrogens is 1. The molecule has 0 saturated heterocycles. The average Bonchev–Trinajstić information content (AvgIpc) is 3.03. The molecule has 5 nitrogen and oxygen atoms in total. The van der Waals surface area contributed by atoms with Crippen LogP contribution in [0.3, 0.4) is 0 Å². The van der Waals surface area contributed by atoms with Gasteiger partial charge in [0.25, 0.3) is 0 Å². The molecule has 2 aromatic rings. The third-order valence-electron chi connectivity index (χ3n) is 4.34. The zero-order chi connectivity index (χ0) is 17.6. The van der Waals surface area contributed by atoms with Crippen LogP contribution in [-0.2, 0) is 4.84 Å². The van der Waals surface area contributed by atoms with Gasteiger partial charge in [-0.05, 0) is 26.7 Å². The van der Waals surface area contributed by atoms with Crippen LogP contribution in [0.15, 0.2) is 35.5 Å². The van der Waals surface area contributed by atoms with Crippen molar-refractivity contribution in [3.05, 3.63) is 40.9 Å². The summed E-state index contributed by atoms with van der Waals surface area (Å²) in [6, 6.07) is 10.2. The summed E-state index contributed by atoms with van der Waals surface area (Å²) < 4.78 is 0. The molecule has 1 aliphatic rings. The predicted octanol–water partition coefficient (Wildman–Crippen LogP) is 4.90. The first-order valence-corrected chi connectivity index (χ1v) is 9.50. The van der Waals surface area contributed by atoms with E-state index in [0.717, 1.165) is 46.8 Å². The number of aryl methyl sites for hydroxylation is 1. The highest BCUT2D eigenvalue weighted by atomic mass is 32.1. The van der Waals surface area contributed by atoms with Crippen LogP contribution in [-0.4, -0.2) is 22.8 Å². The second-order valence-electron chi connectivity index (χ2n) is 6.33. The van der Waals surface area contributed by atoms with Crippen LogP contribution >= 0.6 is 11.3 Å². The van der Waals surface area contributed by atoms with E-state index in [0.29, 0.717) is 5.71 Å². The zero-order valence-electron chi connectivity index (χ0n) is 14.6. The van der Waals surface area contributed by atoms with Crippen LogP contribution < -0.4 is 5.32 Å². The molecule has 132 valence electrons. The van der Waals surface area contributed by atoms with Crippen molar-refractivity contribution in [1.82, 2.24) is 10.3 Å². The Labute approximate surface area is 152 Å². The minimum atomic E-state index is -0.475. The van der Waals surface area contributed by atoms with Gasteiger partial charge in [0.1, 0.15) is 5.01 Å². The summed E-state index contributed by atoms with van der Waals surface area (Å²) in [5.41, 5.74) is 2.63. The minimum absolute atomic E-state index is 0.214. The quantitative estimate of drug-likeness (QED) is 0.481. The third kappa shape index (κ3) is 4.66. The molecule has 1 aliphatic carbocycles. The first kappa shape index (κ1) is 17.6. The Hall–Kier alpha value is -2.21. The van der Waals surface area contributed by atoms with Crippen molar-refractivity contribution in [3.63, 3.8) is 0 Å². The summed E-state index contributed by atoms with van der Waals surface area (Å²) in [4.78, 5) is 22.5. The summed E-state index contributed by atoms with van der Waals surface area (Å²) in [5, 5.41) is 7.83. The predicted molar refractivity (Wildman–Crippen MR) is 101 cm³/mol. The van der Waals surface area contributed by atoms with Crippen LogP contribution in [0.4, 0.5) is 4.79 Å². The van der Waals surface area contributed by atoms with E-state index in [9.17, 15) is 4.79 Å². The number of nitrogens with zero attached hydrogens (tertiary/aromatic N) is 2. The standard InChI is InChI=1S/C19H23N3O2S/c1-13-17(25-18(20-13)15-9-5-3-6-10-15)14(2)22-24-19(23)21-16-11-7-4-8-12-16/h3,5-6,9-10,16H,4,7-8,11-12H2,1-2H3,(H,21,23)/b22-14-. The number of nitrogens with one attached hydrogen (secondary N) is 1. The average molecular weight is 357 g/mol. The van der Waals surface area contributed by atoms with Gasteiger partial charge in [0, 0.05) is 11.6 Å². The Morgan fingerprint density at radius 2 is 1.96 bits per heavy atom. The van der Waals surface area contributed by atoms with Gasteiger partial charge in [0.05, 0.1) is 16.3 Å². The number of rotatable bonds is 4. The fourth-order valence-electron chi connectivity index (χ4n) is 3.03. The molecule has 1 saturated carbocycles. The van der Waals surface area contributed by atoms with E-state index in [1.54, 1.807) is 11.3 Å². The molecular formula is C19H23N3O2S. The van der Waals surface area contributed by atoms with Gasteiger partial charge in [0.2, 0.25) is 0 Å². The van der Waals surface area contributed by atoms with Gasteiger partial charge < -0.3 is 5.32 Å². The van der Waals surface area contributed by atoms with Gasteiger partial charge in [-0.25, -0.2) is 9.78 Å². The summed E-state index contributed by atoms with van der Waals surface area (Å²) in [6.07, 6.45) is 5.14. The van der Waals surface area contributed by atoms with Crippen molar-refractivity contribution in [1.29, 1.82) is 0 Å². The molecule has 1 aromatic carbocycles. The Bertz CT molecular complexity index is 749. The number of hydrogen-bond acceptors (Lipinski definition) is 5. The Kier molecular flexibility index (Phi) is 5.81. The number of carbonyl (C=O) groups excluding carboxylic acids is 1. The van der Waals surface area contributed by atoms with E-state index in [1.165, 1.54) is 6.42 Å². The highest BCUT2D eigenvalue weighted by molar-refractivity contribution is 7.17. The topological polar surface area (TPSA) is 63.6 Å². The lowest BCUT2D eigenvalue weighted by Crippen LogP contribution is -2.35. The van der Waals surface area contributed by atoms with E-state index in [2.05, 4.69) is 15.5 Å². The first-order chi connectivity index (χ1) is 12.1. The molecule has 1 N–H and O–H groups in total. The van der Waals surface area contributed by atoms with Gasteiger partial charge in [-0.3, -0.25) is 4.84 Å². The maximum Gasteiger partial charge on any atom is 0.433 e. The SMILES string of the molecule is C/C(=N/OC(=O)NC1CCCCC1)c1sc(-c2ccccc2)nc1C. The van der Waals surface area contributed by atoms with E-state index >= 15 is 0 Å². The molecule has 25 heavy (non-hydrogen) atoms. The number of amides is 1. The molecule has 3 rings (SSSR count). The molecule has 1 aromatic heterocycles. The maximum absolute atomic E-state index is 11.9. The lowest BCUT2D eigenvalue weighted by Gasteiger charge is -2.21. The van der Waals surface area contributed by atoms with Gasteiger partial charge in [0.15, 0.2) is 0 Å². The lowest BCUT2D eigenvalue weighted by atomic mass is 9.96. The Morgan fingerprint density at radius 1 is 1.24 bits per heavy atom. The summed E-state index contributed by atoms with van der Waals surface area (Å²) in [7, 11) is 0. The highest BCUT2D eigenvalue weighted by Gasteiger charge is 2.17. The Balaban J connectivity index is 1.64. The monoisotopic (exact) mass is 357 g/mol. The van der Waals surface area contributed by atoms with Gasteiger partial charge in [-0.2, -0.15) is 0 Å². The molecule has 1 fully saturated rings. The number of oxime groups is 1. The van der Waals surface area contributed by atoms with Crippen LogP contribution in [0.1, 0.15) is 49.6 Å². The molecular weight excluding hydrogens is 334 g/mol. The van der Waals surface area contributed by atoms with E-state index < -0.39 is 6.09 Å². The first-order valence-electron chi connectivity index (χ1n) is 8.69. The number of carbonyl (C=O) groups is 1. The number of hydrogen-bond donors (Lipinski definition) is 1.